The molecule has 1 N–H and O–H groups in total. The van der Waals surface area contributed by atoms with Crippen molar-refractivity contribution in [3.05, 3.63) is 47.1 Å². The summed E-state index contributed by atoms with van der Waals surface area (Å²) in [4.78, 5) is 31.3. The maximum absolute atomic E-state index is 12.9. The van der Waals surface area contributed by atoms with Crippen molar-refractivity contribution in [2.24, 2.45) is 0 Å². The lowest BCUT2D eigenvalue weighted by Gasteiger charge is -2.39. The van der Waals surface area contributed by atoms with Crippen LogP contribution in [0.4, 0.5) is 0 Å². The van der Waals surface area contributed by atoms with Crippen LogP contribution in [-0.2, 0) is 11.2 Å². The van der Waals surface area contributed by atoms with E-state index in [0.29, 0.717) is 17.7 Å². The van der Waals surface area contributed by atoms with Crippen LogP contribution in [0.25, 0.3) is 0 Å². The SMILES string of the molecule is Cc1noc(C)c1CC(=O)N1[C@@H]2CC[C@H]1CC(NC(=O)c1ccncc1)C2. The monoisotopic (exact) mass is 368 g/mol. The molecule has 2 aromatic heterocycles. The van der Waals surface area contributed by atoms with Crippen LogP contribution in [0.3, 0.4) is 0 Å². The number of rotatable bonds is 4. The number of pyridine rings is 1. The molecule has 2 aliphatic rings. The van der Waals surface area contributed by atoms with Crippen molar-refractivity contribution in [1.82, 2.24) is 20.4 Å². The van der Waals surface area contributed by atoms with Gasteiger partial charge in [-0.3, -0.25) is 14.6 Å². The van der Waals surface area contributed by atoms with E-state index in [0.717, 1.165) is 36.9 Å². The topological polar surface area (TPSA) is 88.3 Å². The number of amides is 2. The fourth-order valence-electron chi connectivity index (χ4n) is 4.47. The van der Waals surface area contributed by atoms with Crippen LogP contribution >= 0.6 is 0 Å². The van der Waals surface area contributed by atoms with Crippen LogP contribution in [0.1, 0.15) is 53.1 Å². The number of piperidine rings is 1. The molecule has 1 unspecified atom stereocenters. The van der Waals surface area contributed by atoms with Crippen molar-refractivity contribution < 1.29 is 14.1 Å². The molecule has 2 bridgehead atoms. The molecule has 0 aromatic carbocycles. The van der Waals surface area contributed by atoms with Crippen molar-refractivity contribution in [1.29, 1.82) is 0 Å². The zero-order valence-electron chi connectivity index (χ0n) is 15.6. The van der Waals surface area contributed by atoms with E-state index >= 15 is 0 Å². The Morgan fingerprint density at radius 3 is 2.44 bits per heavy atom. The van der Waals surface area contributed by atoms with E-state index in [9.17, 15) is 9.59 Å². The van der Waals surface area contributed by atoms with E-state index in [4.69, 9.17) is 4.52 Å². The molecule has 27 heavy (non-hydrogen) atoms. The van der Waals surface area contributed by atoms with Gasteiger partial charge in [-0.2, -0.15) is 0 Å². The van der Waals surface area contributed by atoms with Crippen LogP contribution in [0.2, 0.25) is 0 Å². The number of hydrogen-bond donors (Lipinski definition) is 1. The predicted molar refractivity (Wildman–Crippen MR) is 98.1 cm³/mol. The number of carbonyl (C=O) groups is 2. The zero-order chi connectivity index (χ0) is 19.0. The minimum absolute atomic E-state index is 0.0719. The molecule has 4 rings (SSSR count). The van der Waals surface area contributed by atoms with Crippen LogP contribution in [0.15, 0.2) is 29.0 Å². The Kier molecular flexibility index (Phi) is 4.68. The van der Waals surface area contributed by atoms with Crippen molar-refractivity contribution in [3.63, 3.8) is 0 Å². The van der Waals surface area contributed by atoms with Gasteiger partial charge in [0.1, 0.15) is 5.76 Å². The van der Waals surface area contributed by atoms with Gasteiger partial charge in [0.05, 0.1) is 12.1 Å². The first-order valence-corrected chi connectivity index (χ1v) is 9.46. The summed E-state index contributed by atoms with van der Waals surface area (Å²) < 4.78 is 5.18. The number of aryl methyl sites for hydroxylation is 2. The zero-order valence-corrected chi connectivity index (χ0v) is 15.6. The van der Waals surface area contributed by atoms with Crippen molar-refractivity contribution in [3.8, 4) is 0 Å². The first-order chi connectivity index (χ1) is 13.0. The maximum Gasteiger partial charge on any atom is 0.251 e. The smallest absolute Gasteiger partial charge is 0.251 e. The highest BCUT2D eigenvalue weighted by atomic mass is 16.5. The molecule has 0 aliphatic carbocycles. The first kappa shape index (κ1) is 17.7. The van der Waals surface area contributed by atoms with Gasteiger partial charge in [0.2, 0.25) is 5.91 Å². The molecule has 2 aliphatic heterocycles. The van der Waals surface area contributed by atoms with E-state index in [1.807, 2.05) is 18.7 Å². The fraction of sp³-hybridized carbons (Fsp3) is 0.500. The Balaban J connectivity index is 1.40. The van der Waals surface area contributed by atoms with Crippen molar-refractivity contribution in [2.45, 2.75) is 64.1 Å². The molecule has 2 saturated heterocycles. The van der Waals surface area contributed by atoms with Gasteiger partial charge in [0, 0.05) is 41.6 Å². The molecule has 3 atom stereocenters. The molecule has 142 valence electrons. The number of carbonyl (C=O) groups excluding carboxylic acids is 2. The quantitative estimate of drug-likeness (QED) is 0.894. The Morgan fingerprint density at radius 2 is 1.85 bits per heavy atom. The summed E-state index contributed by atoms with van der Waals surface area (Å²) in [5.41, 5.74) is 2.30. The molecule has 2 fully saturated rings. The normalized spacial score (nSPS) is 24.1. The van der Waals surface area contributed by atoms with Gasteiger partial charge in [-0.05, 0) is 51.7 Å². The van der Waals surface area contributed by atoms with Gasteiger partial charge >= 0.3 is 0 Å². The van der Waals surface area contributed by atoms with Gasteiger partial charge in [0.25, 0.3) is 5.91 Å². The van der Waals surface area contributed by atoms with E-state index in [2.05, 4.69) is 15.5 Å². The number of fused-ring (bicyclic) bond motifs is 2. The summed E-state index contributed by atoms with van der Waals surface area (Å²) in [6.45, 7) is 3.71. The largest absolute Gasteiger partial charge is 0.361 e. The first-order valence-electron chi connectivity index (χ1n) is 9.46. The molecular weight excluding hydrogens is 344 g/mol. The lowest BCUT2D eigenvalue weighted by Crippen LogP contribution is -2.52. The standard InChI is InChI=1S/C20H24N4O3/c1-12-18(13(2)27-23-12)11-19(25)24-16-3-4-17(24)10-15(9-16)22-20(26)14-5-7-21-8-6-14/h5-8,15-17H,3-4,9-11H2,1-2H3,(H,22,26)/t15?,16-,17+. The van der Waals surface area contributed by atoms with Crippen LogP contribution in [0.5, 0.6) is 0 Å². The molecule has 0 spiro atoms. The number of hydrogen-bond acceptors (Lipinski definition) is 5. The van der Waals surface area contributed by atoms with Crippen LogP contribution < -0.4 is 5.32 Å². The Hall–Kier alpha value is -2.70. The molecule has 7 heteroatoms. The summed E-state index contributed by atoms with van der Waals surface area (Å²) in [5, 5.41) is 7.07. The molecule has 7 nitrogen and oxygen atoms in total. The summed E-state index contributed by atoms with van der Waals surface area (Å²) >= 11 is 0. The van der Waals surface area contributed by atoms with Gasteiger partial charge < -0.3 is 14.7 Å². The van der Waals surface area contributed by atoms with E-state index in [-0.39, 0.29) is 29.9 Å². The van der Waals surface area contributed by atoms with Crippen LogP contribution in [-0.4, -0.2) is 45.0 Å². The molecule has 0 saturated carbocycles. The Labute approximate surface area is 158 Å². The number of aromatic nitrogens is 2. The average Bonchev–Trinajstić information content (AvgIpc) is 3.12. The highest BCUT2D eigenvalue weighted by molar-refractivity contribution is 5.94. The Morgan fingerprint density at radius 1 is 1.19 bits per heavy atom. The second-order valence-electron chi connectivity index (χ2n) is 7.54. The summed E-state index contributed by atoms with van der Waals surface area (Å²) in [6.07, 6.45) is 7.19. The van der Waals surface area contributed by atoms with E-state index in [1.54, 1.807) is 24.5 Å². The van der Waals surface area contributed by atoms with Crippen molar-refractivity contribution >= 4 is 11.8 Å². The minimum Gasteiger partial charge on any atom is -0.361 e. The average molecular weight is 368 g/mol. The predicted octanol–water partition coefficient (Wildman–Crippen LogP) is 2.18. The van der Waals surface area contributed by atoms with Gasteiger partial charge in [-0.15, -0.1) is 0 Å². The second kappa shape index (κ2) is 7.13. The molecule has 0 radical (unpaired) electrons. The van der Waals surface area contributed by atoms with E-state index in [1.165, 1.54) is 0 Å². The highest BCUT2D eigenvalue weighted by Gasteiger charge is 2.43. The lowest BCUT2D eigenvalue weighted by molar-refractivity contribution is -0.135. The third-order valence-corrected chi connectivity index (χ3v) is 5.81. The number of nitrogens with zero attached hydrogens (tertiary/aromatic N) is 3. The minimum atomic E-state index is -0.0719. The molecule has 2 aromatic rings. The summed E-state index contributed by atoms with van der Waals surface area (Å²) in [5.74, 6) is 0.779. The summed E-state index contributed by atoms with van der Waals surface area (Å²) in [6, 6.07) is 3.92. The maximum atomic E-state index is 12.9. The third kappa shape index (κ3) is 3.46. The fourth-order valence-corrected chi connectivity index (χ4v) is 4.47. The van der Waals surface area contributed by atoms with E-state index < -0.39 is 0 Å². The summed E-state index contributed by atoms with van der Waals surface area (Å²) in [7, 11) is 0. The lowest BCUT2D eigenvalue weighted by atomic mass is 9.96. The van der Waals surface area contributed by atoms with Crippen molar-refractivity contribution in [2.75, 3.05) is 0 Å². The molecule has 4 heterocycles. The number of nitrogens with one attached hydrogen (secondary N) is 1. The second-order valence-corrected chi connectivity index (χ2v) is 7.54. The van der Waals surface area contributed by atoms with Crippen LogP contribution in [0, 0.1) is 13.8 Å². The van der Waals surface area contributed by atoms with Gasteiger partial charge in [0.15, 0.2) is 0 Å². The molecular formula is C20H24N4O3. The van der Waals surface area contributed by atoms with Gasteiger partial charge in [-0.1, -0.05) is 5.16 Å². The highest BCUT2D eigenvalue weighted by Crippen LogP contribution is 2.36. The third-order valence-electron chi connectivity index (χ3n) is 5.81. The van der Waals surface area contributed by atoms with Gasteiger partial charge in [-0.25, -0.2) is 0 Å². The molecule has 2 amide bonds. The Bertz CT molecular complexity index is 815.